The monoisotopic (exact) mass is 524 g/mol. The molecule has 196 valence electrons. The third kappa shape index (κ3) is 6.49. The number of benzene rings is 2. The second kappa shape index (κ2) is 12.2. The van der Waals surface area contributed by atoms with Crippen LogP contribution < -0.4 is 9.47 Å². The summed E-state index contributed by atoms with van der Waals surface area (Å²) in [4.78, 5) is 31.8. The molecule has 2 heterocycles. The van der Waals surface area contributed by atoms with Crippen molar-refractivity contribution in [3.8, 4) is 11.5 Å². The Labute approximate surface area is 221 Å². The minimum absolute atomic E-state index is 0.0227. The average molecular weight is 525 g/mol. The summed E-state index contributed by atoms with van der Waals surface area (Å²) in [5.41, 5.74) is 1.57. The van der Waals surface area contributed by atoms with E-state index in [1.807, 2.05) is 11.4 Å². The van der Waals surface area contributed by atoms with Crippen molar-refractivity contribution in [2.45, 2.75) is 32.7 Å². The van der Waals surface area contributed by atoms with E-state index in [2.05, 4.69) is 13.8 Å². The van der Waals surface area contributed by atoms with Crippen LogP contribution in [0.2, 0.25) is 0 Å². The van der Waals surface area contributed by atoms with Gasteiger partial charge in [0.2, 0.25) is 5.91 Å². The van der Waals surface area contributed by atoms with E-state index in [0.717, 1.165) is 18.4 Å². The number of thiophene rings is 1. The number of carbonyl (C=O) groups excluding carboxylic acids is 2. The van der Waals surface area contributed by atoms with Crippen LogP contribution in [0.25, 0.3) is 0 Å². The first-order valence-corrected chi connectivity index (χ1v) is 13.4. The van der Waals surface area contributed by atoms with Crippen LogP contribution in [0.3, 0.4) is 0 Å². The topological polar surface area (TPSA) is 59.1 Å². The van der Waals surface area contributed by atoms with Crippen molar-refractivity contribution < 1.29 is 23.5 Å². The fraction of sp³-hybridized carbons (Fsp3) is 0.379. The van der Waals surface area contributed by atoms with Gasteiger partial charge in [0.25, 0.3) is 5.91 Å². The van der Waals surface area contributed by atoms with Gasteiger partial charge in [0.1, 0.15) is 30.5 Å². The lowest BCUT2D eigenvalue weighted by Crippen LogP contribution is -2.48. The van der Waals surface area contributed by atoms with E-state index in [-0.39, 0.29) is 42.7 Å². The van der Waals surface area contributed by atoms with Gasteiger partial charge in [-0.05, 0) is 65.7 Å². The smallest absolute Gasteiger partial charge is 0.254 e. The van der Waals surface area contributed by atoms with Crippen LogP contribution in [0, 0.1) is 11.7 Å². The lowest BCUT2D eigenvalue weighted by atomic mass is 10.00. The zero-order valence-corrected chi connectivity index (χ0v) is 22.3. The van der Waals surface area contributed by atoms with Crippen LogP contribution in [-0.2, 0) is 11.2 Å². The van der Waals surface area contributed by atoms with Crippen molar-refractivity contribution in [2.24, 2.45) is 5.92 Å². The van der Waals surface area contributed by atoms with Crippen LogP contribution in [0.15, 0.2) is 60.0 Å². The van der Waals surface area contributed by atoms with Gasteiger partial charge in [0.15, 0.2) is 0 Å². The SMILES string of the molecule is CC[C@H](C)CN(CC(=O)N1CCc2sccc2[C@H]1COc1cccc(F)c1)C(=O)c1ccc(OC)cc1. The van der Waals surface area contributed by atoms with Crippen LogP contribution in [-0.4, -0.2) is 55.0 Å². The summed E-state index contributed by atoms with van der Waals surface area (Å²) in [6.07, 6.45) is 1.65. The number of rotatable bonds is 10. The summed E-state index contributed by atoms with van der Waals surface area (Å²) in [5, 5.41) is 2.02. The van der Waals surface area contributed by atoms with Gasteiger partial charge in [-0.2, -0.15) is 0 Å². The molecule has 0 N–H and O–H groups in total. The minimum atomic E-state index is -0.372. The van der Waals surface area contributed by atoms with E-state index < -0.39 is 0 Å². The molecule has 1 aromatic heterocycles. The molecule has 3 aromatic rings. The van der Waals surface area contributed by atoms with Crippen molar-refractivity contribution in [2.75, 3.05) is 33.4 Å². The summed E-state index contributed by atoms with van der Waals surface area (Å²) in [7, 11) is 1.58. The number of ether oxygens (including phenoxy) is 2. The van der Waals surface area contributed by atoms with Gasteiger partial charge in [-0.3, -0.25) is 9.59 Å². The van der Waals surface area contributed by atoms with E-state index >= 15 is 0 Å². The number of hydrogen-bond acceptors (Lipinski definition) is 5. The second-order valence-electron chi connectivity index (χ2n) is 9.35. The lowest BCUT2D eigenvalue weighted by molar-refractivity contribution is -0.135. The Hall–Kier alpha value is -3.39. The quantitative estimate of drug-likeness (QED) is 0.347. The number of fused-ring (bicyclic) bond motifs is 1. The zero-order valence-electron chi connectivity index (χ0n) is 21.5. The molecule has 1 aliphatic heterocycles. The molecule has 0 unspecified atom stereocenters. The Morgan fingerprint density at radius 1 is 1.16 bits per heavy atom. The molecule has 37 heavy (non-hydrogen) atoms. The highest BCUT2D eigenvalue weighted by molar-refractivity contribution is 7.10. The van der Waals surface area contributed by atoms with E-state index in [1.165, 1.54) is 17.0 Å². The van der Waals surface area contributed by atoms with Gasteiger partial charge in [0.05, 0.1) is 13.2 Å². The third-order valence-electron chi connectivity index (χ3n) is 6.80. The van der Waals surface area contributed by atoms with Gasteiger partial charge >= 0.3 is 0 Å². The molecule has 2 atom stereocenters. The summed E-state index contributed by atoms with van der Waals surface area (Å²) in [5.74, 6) is 0.645. The molecule has 8 heteroatoms. The first kappa shape index (κ1) is 26.7. The van der Waals surface area contributed by atoms with Crippen molar-refractivity contribution in [1.29, 1.82) is 0 Å². The van der Waals surface area contributed by atoms with Crippen LogP contribution in [0.1, 0.15) is 47.1 Å². The number of hydrogen-bond donors (Lipinski definition) is 0. The lowest BCUT2D eigenvalue weighted by Gasteiger charge is -2.37. The number of methoxy groups -OCH3 is 1. The van der Waals surface area contributed by atoms with Gasteiger partial charge in [-0.1, -0.05) is 26.3 Å². The van der Waals surface area contributed by atoms with Gasteiger partial charge in [-0.25, -0.2) is 4.39 Å². The molecule has 0 saturated carbocycles. The molecule has 0 spiro atoms. The molecule has 0 saturated heterocycles. The van der Waals surface area contributed by atoms with Crippen LogP contribution in [0.4, 0.5) is 4.39 Å². The fourth-order valence-corrected chi connectivity index (χ4v) is 5.43. The molecule has 1 aliphatic rings. The van der Waals surface area contributed by atoms with Gasteiger partial charge < -0.3 is 19.3 Å². The Balaban J connectivity index is 1.54. The summed E-state index contributed by atoms with van der Waals surface area (Å²) >= 11 is 1.67. The predicted molar refractivity (Wildman–Crippen MR) is 143 cm³/mol. The Bertz CT molecular complexity index is 1210. The zero-order chi connectivity index (χ0) is 26.4. The van der Waals surface area contributed by atoms with E-state index in [0.29, 0.717) is 30.2 Å². The molecule has 2 amide bonds. The minimum Gasteiger partial charge on any atom is -0.497 e. The predicted octanol–water partition coefficient (Wildman–Crippen LogP) is 5.59. The maximum absolute atomic E-state index is 13.7. The number of nitrogens with zero attached hydrogens (tertiary/aromatic N) is 2. The summed E-state index contributed by atoms with van der Waals surface area (Å²) in [6, 6.07) is 14.7. The van der Waals surface area contributed by atoms with Crippen molar-refractivity contribution >= 4 is 23.2 Å². The van der Waals surface area contributed by atoms with Crippen molar-refractivity contribution in [3.63, 3.8) is 0 Å². The normalized spacial score (nSPS) is 15.6. The maximum Gasteiger partial charge on any atom is 0.254 e. The molecular formula is C29H33FN2O4S. The molecule has 2 aromatic carbocycles. The van der Waals surface area contributed by atoms with E-state index in [4.69, 9.17) is 9.47 Å². The Morgan fingerprint density at radius 2 is 1.95 bits per heavy atom. The van der Waals surface area contributed by atoms with E-state index in [9.17, 15) is 14.0 Å². The molecule has 4 rings (SSSR count). The summed E-state index contributed by atoms with van der Waals surface area (Å²) < 4.78 is 24.8. The third-order valence-corrected chi connectivity index (χ3v) is 7.79. The molecule has 6 nitrogen and oxygen atoms in total. The second-order valence-corrected chi connectivity index (χ2v) is 10.3. The summed E-state index contributed by atoms with van der Waals surface area (Å²) in [6.45, 7) is 5.35. The van der Waals surface area contributed by atoms with Crippen molar-refractivity contribution in [3.05, 3.63) is 81.8 Å². The van der Waals surface area contributed by atoms with E-state index in [1.54, 1.807) is 64.6 Å². The standard InChI is InChI=1S/C29H33FN2O4S/c1-4-20(2)17-31(29(34)21-8-10-23(35-3)11-9-21)18-28(33)32-14-12-27-25(13-15-37-27)26(32)19-36-24-7-5-6-22(30)16-24/h5-11,13,15-16,20,26H,4,12,14,17-19H2,1-3H3/t20-,26+/m0/s1. The highest BCUT2D eigenvalue weighted by Gasteiger charge is 2.34. The Kier molecular flexibility index (Phi) is 8.82. The Morgan fingerprint density at radius 3 is 2.65 bits per heavy atom. The molecular weight excluding hydrogens is 491 g/mol. The van der Waals surface area contributed by atoms with Gasteiger partial charge in [0, 0.05) is 29.6 Å². The highest BCUT2D eigenvalue weighted by Crippen LogP contribution is 2.34. The first-order chi connectivity index (χ1) is 17.9. The molecule has 0 bridgehead atoms. The maximum atomic E-state index is 13.7. The fourth-order valence-electron chi connectivity index (χ4n) is 4.50. The average Bonchev–Trinajstić information content (AvgIpc) is 3.40. The van der Waals surface area contributed by atoms with Gasteiger partial charge in [-0.15, -0.1) is 11.3 Å². The van der Waals surface area contributed by atoms with Crippen LogP contribution >= 0.6 is 11.3 Å². The first-order valence-electron chi connectivity index (χ1n) is 12.6. The van der Waals surface area contributed by atoms with Crippen LogP contribution in [0.5, 0.6) is 11.5 Å². The molecule has 0 fully saturated rings. The number of halogens is 1. The van der Waals surface area contributed by atoms with Crippen molar-refractivity contribution in [1.82, 2.24) is 9.80 Å². The number of amides is 2. The molecule has 0 radical (unpaired) electrons. The largest absolute Gasteiger partial charge is 0.497 e. The molecule has 0 aliphatic carbocycles. The number of carbonyl (C=O) groups is 2. The highest BCUT2D eigenvalue weighted by atomic mass is 32.1.